The smallest absolute Gasteiger partial charge is 0.208 e. The summed E-state index contributed by atoms with van der Waals surface area (Å²) in [4.78, 5) is 1.34. The van der Waals surface area contributed by atoms with E-state index in [0.29, 0.717) is 23.4 Å². The quantitative estimate of drug-likeness (QED) is 0.760. The number of benzene rings is 1. The highest BCUT2D eigenvalue weighted by molar-refractivity contribution is 8.04. The highest BCUT2D eigenvalue weighted by Crippen LogP contribution is 2.50. The van der Waals surface area contributed by atoms with E-state index in [1.54, 1.807) is 0 Å². The van der Waals surface area contributed by atoms with Gasteiger partial charge in [0.05, 0.1) is 6.26 Å². The Hall–Kier alpha value is -1.11. The number of hydrogen-bond acceptors (Lipinski definition) is 4. The van der Waals surface area contributed by atoms with E-state index in [2.05, 4.69) is 35.1 Å². The number of allylic oxidation sites excluding steroid dienone is 2. The van der Waals surface area contributed by atoms with Gasteiger partial charge in [-0.25, -0.2) is 13.1 Å². The van der Waals surface area contributed by atoms with Crippen molar-refractivity contribution in [2.24, 2.45) is 0 Å². The Bertz CT molecular complexity index is 756. The molecule has 130 valence electrons. The van der Waals surface area contributed by atoms with Gasteiger partial charge in [-0.15, -0.1) is 11.8 Å². The van der Waals surface area contributed by atoms with Crippen LogP contribution in [0, 0.1) is 5.41 Å². The van der Waals surface area contributed by atoms with Crippen LogP contribution in [0.1, 0.15) is 42.7 Å². The molecule has 6 heteroatoms. The van der Waals surface area contributed by atoms with Crippen molar-refractivity contribution < 1.29 is 8.42 Å². The fraction of sp³-hybridized carbons (Fsp3) is 0.500. The molecule has 0 bridgehead atoms. The molecule has 1 aromatic carbocycles. The molecular formula is C18H24N2O2S2. The minimum absolute atomic E-state index is 0.438. The van der Waals surface area contributed by atoms with E-state index in [1.165, 1.54) is 22.3 Å². The second-order valence-corrected chi connectivity index (χ2v) is 9.84. The Morgan fingerprint density at radius 3 is 2.88 bits per heavy atom. The number of thioether (sulfide) groups is 1. The van der Waals surface area contributed by atoms with Crippen molar-refractivity contribution in [2.75, 3.05) is 12.8 Å². The number of sulfonamides is 1. The normalized spacial score (nSPS) is 23.4. The van der Waals surface area contributed by atoms with Gasteiger partial charge in [0.1, 0.15) is 0 Å². The van der Waals surface area contributed by atoms with Crippen molar-refractivity contribution >= 4 is 27.5 Å². The molecular weight excluding hydrogens is 340 g/mol. The second kappa shape index (κ2) is 7.42. The predicted octanol–water partition coefficient (Wildman–Crippen LogP) is 3.45. The van der Waals surface area contributed by atoms with Gasteiger partial charge in [0, 0.05) is 29.8 Å². The first kappa shape index (κ1) is 17.7. The fourth-order valence-electron chi connectivity index (χ4n) is 3.51. The lowest BCUT2D eigenvalue weighted by Gasteiger charge is -2.14. The van der Waals surface area contributed by atoms with Gasteiger partial charge in [-0.1, -0.05) is 30.7 Å². The van der Waals surface area contributed by atoms with E-state index in [4.69, 9.17) is 5.41 Å². The highest BCUT2D eigenvalue weighted by atomic mass is 32.2. The molecule has 1 aromatic rings. The zero-order valence-electron chi connectivity index (χ0n) is 13.9. The summed E-state index contributed by atoms with van der Waals surface area (Å²) >= 11 is 1.92. The first-order valence-corrected chi connectivity index (χ1v) is 11.2. The number of fused-ring (bicyclic) bond motifs is 3. The van der Waals surface area contributed by atoms with E-state index in [0.717, 1.165) is 32.1 Å². The van der Waals surface area contributed by atoms with Crippen molar-refractivity contribution in [3.05, 3.63) is 46.4 Å². The van der Waals surface area contributed by atoms with Crippen LogP contribution in [0.3, 0.4) is 0 Å². The van der Waals surface area contributed by atoms with Gasteiger partial charge in [0.15, 0.2) is 0 Å². The molecule has 1 aliphatic carbocycles. The van der Waals surface area contributed by atoms with Crippen LogP contribution in [0.25, 0.3) is 0 Å². The maximum absolute atomic E-state index is 11.1. The summed E-state index contributed by atoms with van der Waals surface area (Å²) in [6, 6.07) is 8.52. The van der Waals surface area contributed by atoms with Crippen molar-refractivity contribution in [1.29, 1.82) is 5.41 Å². The SMILES string of the molecule is CS(=O)(=O)NCCCCC1CC2C(=CC(=N)Cc3ccccc32)S1. The third-order valence-electron chi connectivity index (χ3n) is 4.59. The Labute approximate surface area is 148 Å². The van der Waals surface area contributed by atoms with Crippen LogP contribution in [0.15, 0.2) is 35.2 Å². The van der Waals surface area contributed by atoms with E-state index >= 15 is 0 Å². The molecule has 2 aliphatic rings. The molecule has 0 aromatic heterocycles. The van der Waals surface area contributed by atoms with E-state index in [1.807, 2.05) is 11.8 Å². The summed E-state index contributed by atoms with van der Waals surface area (Å²) in [5.41, 5.74) is 3.38. The van der Waals surface area contributed by atoms with Gasteiger partial charge in [-0.3, -0.25) is 0 Å². The van der Waals surface area contributed by atoms with Gasteiger partial charge in [0.2, 0.25) is 10.0 Å². The molecule has 0 amide bonds. The first-order chi connectivity index (χ1) is 11.4. The summed E-state index contributed by atoms with van der Waals surface area (Å²) in [5, 5.41) is 8.74. The third kappa shape index (κ3) is 4.49. The van der Waals surface area contributed by atoms with Gasteiger partial charge < -0.3 is 5.41 Å². The minimum atomic E-state index is -3.07. The summed E-state index contributed by atoms with van der Waals surface area (Å²) in [6.07, 6.45) is 8.13. The van der Waals surface area contributed by atoms with Crippen molar-refractivity contribution in [2.45, 2.75) is 43.3 Å². The zero-order valence-corrected chi connectivity index (χ0v) is 15.6. The molecule has 0 radical (unpaired) electrons. The van der Waals surface area contributed by atoms with Crippen LogP contribution in [0.5, 0.6) is 0 Å². The fourth-order valence-corrected chi connectivity index (χ4v) is 5.58. The minimum Gasteiger partial charge on any atom is -0.305 e. The zero-order chi connectivity index (χ0) is 17.2. The number of unbranched alkanes of at least 4 members (excludes halogenated alkanes) is 1. The summed E-state index contributed by atoms with van der Waals surface area (Å²) in [7, 11) is -3.07. The average Bonchev–Trinajstić information content (AvgIpc) is 2.83. The Balaban J connectivity index is 1.59. The lowest BCUT2D eigenvalue weighted by molar-refractivity contribution is 0.575. The maximum Gasteiger partial charge on any atom is 0.208 e. The molecule has 3 rings (SSSR count). The molecule has 24 heavy (non-hydrogen) atoms. The molecule has 2 atom stereocenters. The van der Waals surface area contributed by atoms with E-state index < -0.39 is 10.0 Å². The number of nitrogens with one attached hydrogen (secondary N) is 2. The molecule has 1 fully saturated rings. The molecule has 1 heterocycles. The maximum atomic E-state index is 11.1. The Morgan fingerprint density at radius 1 is 1.29 bits per heavy atom. The average molecular weight is 365 g/mol. The molecule has 1 saturated heterocycles. The van der Waals surface area contributed by atoms with Crippen LogP contribution in [0.4, 0.5) is 0 Å². The monoisotopic (exact) mass is 364 g/mol. The van der Waals surface area contributed by atoms with Crippen molar-refractivity contribution in [1.82, 2.24) is 4.72 Å². The van der Waals surface area contributed by atoms with Crippen LogP contribution < -0.4 is 4.72 Å². The summed E-state index contributed by atoms with van der Waals surface area (Å²) < 4.78 is 24.7. The summed E-state index contributed by atoms with van der Waals surface area (Å²) in [5.74, 6) is 0.438. The Morgan fingerprint density at radius 2 is 2.08 bits per heavy atom. The van der Waals surface area contributed by atoms with E-state index in [-0.39, 0.29) is 0 Å². The largest absolute Gasteiger partial charge is 0.305 e. The van der Waals surface area contributed by atoms with Crippen LogP contribution >= 0.6 is 11.8 Å². The van der Waals surface area contributed by atoms with Gasteiger partial charge >= 0.3 is 0 Å². The summed E-state index contributed by atoms with van der Waals surface area (Å²) in [6.45, 7) is 0.524. The molecule has 2 N–H and O–H groups in total. The van der Waals surface area contributed by atoms with Crippen LogP contribution in [-0.2, 0) is 16.4 Å². The molecule has 1 aliphatic heterocycles. The number of rotatable bonds is 6. The van der Waals surface area contributed by atoms with E-state index in [9.17, 15) is 8.42 Å². The van der Waals surface area contributed by atoms with Gasteiger partial charge in [-0.05, 0) is 41.4 Å². The topological polar surface area (TPSA) is 70.0 Å². The molecule has 2 unspecified atom stereocenters. The molecule has 0 spiro atoms. The van der Waals surface area contributed by atoms with Crippen molar-refractivity contribution in [3.63, 3.8) is 0 Å². The lowest BCUT2D eigenvalue weighted by atomic mass is 9.90. The lowest BCUT2D eigenvalue weighted by Crippen LogP contribution is -2.23. The second-order valence-electron chi connectivity index (χ2n) is 6.64. The third-order valence-corrected chi connectivity index (χ3v) is 6.75. The van der Waals surface area contributed by atoms with Gasteiger partial charge in [-0.2, -0.15) is 0 Å². The predicted molar refractivity (Wildman–Crippen MR) is 101 cm³/mol. The highest BCUT2D eigenvalue weighted by Gasteiger charge is 2.33. The van der Waals surface area contributed by atoms with Crippen molar-refractivity contribution in [3.8, 4) is 0 Å². The van der Waals surface area contributed by atoms with Crippen LogP contribution in [0.2, 0.25) is 0 Å². The first-order valence-electron chi connectivity index (χ1n) is 8.40. The molecule has 4 nitrogen and oxygen atoms in total. The molecule has 0 saturated carbocycles. The Kier molecular flexibility index (Phi) is 5.47. The number of hydrogen-bond donors (Lipinski definition) is 2. The standard InChI is InChI=1S/C18H24N2O2S2/c1-24(21,22)20-9-5-4-7-15-12-17-16-8-3-2-6-13(16)10-14(19)11-18(17)23-15/h2-3,6,8,11,15,17,19-20H,4-5,7,9-10,12H2,1H3. The van der Waals surface area contributed by atoms with Gasteiger partial charge in [0.25, 0.3) is 0 Å². The van der Waals surface area contributed by atoms with Crippen LogP contribution in [-0.4, -0.2) is 32.2 Å².